The summed E-state index contributed by atoms with van der Waals surface area (Å²) in [6.07, 6.45) is 4.23. The fourth-order valence-electron chi connectivity index (χ4n) is 2.65. The van der Waals surface area contributed by atoms with E-state index in [0.717, 1.165) is 25.8 Å². The molecule has 1 aliphatic heterocycles. The molecule has 0 aromatic carbocycles. The van der Waals surface area contributed by atoms with E-state index in [0.29, 0.717) is 6.54 Å². The predicted molar refractivity (Wildman–Crippen MR) is 66.0 cm³/mol. The average Bonchev–Trinajstić information content (AvgIpc) is 2.89. The Kier molecular flexibility index (Phi) is 3.20. The van der Waals surface area contributed by atoms with Gasteiger partial charge in [-0.1, -0.05) is 0 Å². The lowest BCUT2D eigenvalue weighted by Gasteiger charge is -2.34. The summed E-state index contributed by atoms with van der Waals surface area (Å²) in [6, 6.07) is 0.0558. The first-order valence-electron chi connectivity index (χ1n) is 6.41. The number of hydrogen-bond donors (Lipinski definition) is 0. The van der Waals surface area contributed by atoms with E-state index >= 15 is 0 Å². The molecule has 2 aliphatic rings. The zero-order valence-electron chi connectivity index (χ0n) is 11.2. The molecule has 0 aromatic heterocycles. The number of isocyanates is 1. The minimum atomic E-state index is -0.467. The fraction of sp³-hybridized carbons (Fsp3) is 0.846. The normalized spacial score (nSPS) is 30.8. The van der Waals surface area contributed by atoms with Crippen LogP contribution in [-0.4, -0.2) is 41.8 Å². The number of carbonyl (C=O) groups is 1. The summed E-state index contributed by atoms with van der Waals surface area (Å²) in [5, 5.41) is 0. The highest BCUT2D eigenvalue weighted by Crippen LogP contribution is 2.54. The summed E-state index contributed by atoms with van der Waals surface area (Å²) in [6.45, 7) is 6.97. The summed E-state index contributed by atoms with van der Waals surface area (Å²) < 4.78 is 5.37. The zero-order chi connectivity index (χ0) is 13.4. The molecule has 2 rings (SSSR count). The number of aliphatic imine (C=N–C) groups is 1. The molecule has 1 aliphatic carbocycles. The molecule has 1 saturated carbocycles. The maximum atomic E-state index is 12.0. The maximum Gasteiger partial charge on any atom is 0.410 e. The van der Waals surface area contributed by atoms with Gasteiger partial charge in [0.05, 0.1) is 6.04 Å². The van der Waals surface area contributed by atoms with Crippen LogP contribution in [0, 0.1) is 5.41 Å². The molecule has 2 unspecified atom stereocenters. The summed E-state index contributed by atoms with van der Waals surface area (Å²) in [5.74, 6) is 0. The van der Waals surface area contributed by atoms with Crippen LogP contribution in [0.25, 0.3) is 0 Å². The molecule has 100 valence electrons. The van der Waals surface area contributed by atoms with E-state index in [1.54, 1.807) is 11.0 Å². The Morgan fingerprint density at radius 1 is 1.50 bits per heavy atom. The zero-order valence-corrected chi connectivity index (χ0v) is 11.2. The lowest BCUT2D eigenvalue weighted by Crippen LogP contribution is -2.44. The van der Waals surface area contributed by atoms with Crippen molar-refractivity contribution in [3.05, 3.63) is 0 Å². The van der Waals surface area contributed by atoms with Crippen molar-refractivity contribution in [2.24, 2.45) is 10.4 Å². The number of carbonyl (C=O) groups excluding carboxylic acids is 2. The largest absolute Gasteiger partial charge is 0.444 e. The first-order valence-corrected chi connectivity index (χ1v) is 6.41. The number of ether oxygens (including phenoxy) is 1. The lowest BCUT2D eigenvalue weighted by atomic mass is 9.94. The molecule has 2 fully saturated rings. The standard InChI is InChI=1S/C13H20N2O3/c1-12(2,3)18-11(17)15-6-4-5-13(8-15)7-10(13)14-9-16/h10H,4-8H2,1-3H3. The van der Waals surface area contributed by atoms with Crippen LogP contribution in [0.15, 0.2) is 4.99 Å². The topological polar surface area (TPSA) is 59.0 Å². The van der Waals surface area contributed by atoms with E-state index in [-0.39, 0.29) is 17.6 Å². The Balaban J connectivity index is 1.96. The average molecular weight is 252 g/mol. The summed E-state index contributed by atoms with van der Waals surface area (Å²) in [4.78, 5) is 27.8. The summed E-state index contributed by atoms with van der Waals surface area (Å²) >= 11 is 0. The van der Waals surface area contributed by atoms with E-state index in [2.05, 4.69) is 4.99 Å². The molecule has 5 nitrogen and oxygen atoms in total. The van der Waals surface area contributed by atoms with Gasteiger partial charge in [0.2, 0.25) is 6.08 Å². The second kappa shape index (κ2) is 4.39. The van der Waals surface area contributed by atoms with Crippen LogP contribution in [0.3, 0.4) is 0 Å². The van der Waals surface area contributed by atoms with E-state index in [1.807, 2.05) is 20.8 Å². The predicted octanol–water partition coefficient (Wildman–Crippen LogP) is 2.11. The van der Waals surface area contributed by atoms with Crippen molar-refractivity contribution in [2.45, 2.75) is 51.7 Å². The molecule has 1 heterocycles. The second-order valence-electron chi connectivity index (χ2n) is 6.31. The number of amides is 1. The Hall–Kier alpha value is -1.35. The van der Waals surface area contributed by atoms with Gasteiger partial charge in [0.15, 0.2) is 0 Å². The Morgan fingerprint density at radius 3 is 2.83 bits per heavy atom. The van der Waals surface area contributed by atoms with Gasteiger partial charge in [-0.15, -0.1) is 0 Å². The molecule has 1 amide bonds. The van der Waals surface area contributed by atoms with E-state index in [4.69, 9.17) is 4.74 Å². The molecule has 1 spiro atoms. The molecular formula is C13H20N2O3. The van der Waals surface area contributed by atoms with Gasteiger partial charge in [0.25, 0.3) is 0 Å². The molecule has 1 saturated heterocycles. The maximum absolute atomic E-state index is 12.0. The van der Waals surface area contributed by atoms with Gasteiger partial charge < -0.3 is 9.64 Å². The highest BCUT2D eigenvalue weighted by atomic mass is 16.6. The molecule has 0 aromatic rings. The van der Waals surface area contributed by atoms with Crippen LogP contribution in [0.1, 0.15) is 40.0 Å². The molecule has 0 radical (unpaired) electrons. The third-order valence-electron chi connectivity index (χ3n) is 3.62. The van der Waals surface area contributed by atoms with Crippen molar-refractivity contribution in [1.82, 2.24) is 4.90 Å². The number of likely N-dealkylation sites (tertiary alicyclic amines) is 1. The Labute approximate surface area is 107 Å². The fourth-order valence-corrected chi connectivity index (χ4v) is 2.65. The minimum absolute atomic E-state index is 0.0204. The molecule has 2 atom stereocenters. The van der Waals surface area contributed by atoms with Crippen LogP contribution >= 0.6 is 0 Å². The number of piperidine rings is 1. The van der Waals surface area contributed by atoms with Crippen molar-refractivity contribution < 1.29 is 14.3 Å². The van der Waals surface area contributed by atoms with Crippen molar-refractivity contribution in [3.8, 4) is 0 Å². The SMILES string of the molecule is CC(C)(C)OC(=O)N1CCCC2(CC2N=C=O)C1. The molecule has 5 heteroatoms. The van der Waals surface area contributed by atoms with Crippen molar-refractivity contribution in [3.63, 3.8) is 0 Å². The number of hydrogen-bond acceptors (Lipinski definition) is 4. The van der Waals surface area contributed by atoms with Gasteiger partial charge in [-0.3, -0.25) is 0 Å². The van der Waals surface area contributed by atoms with Crippen LogP contribution in [0.4, 0.5) is 4.79 Å². The van der Waals surface area contributed by atoms with Gasteiger partial charge in [-0.2, -0.15) is 0 Å². The number of nitrogens with zero attached hydrogens (tertiary/aromatic N) is 2. The van der Waals surface area contributed by atoms with Crippen LogP contribution < -0.4 is 0 Å². The van der Waals surface area contributed by atoms with Crippen molar-refractivity contribution in [1.29, 1.82) is 0 Å². The summed E-state index contributed by atoms with van der Waals surface area (Å²) in [7, 11) is 0. The first kappa shape index (κ1) is 13.1. The molecule has 0 bridgehead atoms. The van der Waals surface area contributed by atoms with Gasteiger partial charge in [0, 0.05) is 18.5 Å². The third-order valence-corrected chi connectivity index (χ3v) is 3.62. The first-order chi connectivity index (χ1) is 8.36. The van der Waals surface area contributed by atoms with Gasteiger partial charge >= 0.3 is 6.09 Å². The number of rotatable bonds is 1. The lowest BCUT2D eigenvalue weighted by molar-refractivity contribution is 0.0145. The summed E-state index contributed by atoms with van der Waals surface area (Å²) in [5.41, 5.74) is -0.446. The van der Waals surface area contributed by atoms with Gasteiger partial charge in [-0.05, 0) is 40.0 Å². The molecular weight excluding hydrogens is 232 g/mol. The highest BCUT2D eigenvalue weighted by Gasteiger charge is 2.57. The van der Waals surface area contributed by atoms with Gasteiger partial charge in [-0.25, -0.2) is 14.6 Å². The second-order valence-corrected chi connectivity index (χ2v) is 6.31. The van der Waals surface area contributed by atoms with Crippen LogP contribution in [0.2, 0.25) is 0 Å². The van der Waals surface area contributed by atoms with Gasteiger partial charge in [0.1, 0.15) is 5.60 Å². The van der Waals surface area contributed by atoms with E-state index in [9.17, 15) is 9.59 Å². The quantitative estimate of drug-likeness (QED) is 0.530. The monoisotopic (exact) mass is 252 g/mol. The Morgan fingerprint density at radius 2 is 2.22 bits per heavy atom. The Bertz CT molecular complexity index is 396. The van der Waals surface area contributed by atoms with Crippen molar-refractivity contribution >= 4 is 12.2 Å². The smallest absolute Gasteiger partial charge is 0.410 e. The van der Waals surface area contributed by atoms with Crippen LogP contribution in [-0.2, 0) is 9.53 Å². The highest BCUT2D eigenvalue weighted by molar-refractivity contribution is 5.68. The molecule has 18 heavy (non-hydrogen) atoms. The molecule has 0 N–H and O–H groups in total. The van der Waals surface area contributed by atoms with E-state index in [1.165, 1.54) is 0 Å². The van der Waals surface area contributed by atoms with Crippen LogP contribution in [0.5, 0.6) is 0 Å². The third kappa shape index (κ3) is 2.72. The minimum Gasteiger partial charge on any atom is -0.444 e. The van der Waals surface area contributed by atoms with E-state index < -0.39 is 5.60 Å². The van der Waals surface area contributed by atoms with Crippen molar-refractivity contribution in [2.75, 3.05) is 13.1 Å².